The number of aryl methyl sites for hydroxylation is 3. The number of carbonyl (C=O) groups excluding carboxylic acids is 1. The van der Waals surface area contributed by atoms with Crippen molar-refractivity contribution in [2.24, 2.45) is 0 Å². The van der Waals surface area contributed by atoms with Crippen molar-refractivity contribution in [1.82, 2.24) is 9.71 Å². The van der Waals surface area contributed by atoms with Crippen molar-refractivity contribution in [3.63, 3.8) is 0 Å². The Morgan fingerprint density at radius 3 is 2.49 bits per heavy atom. The van der Waals surface area contributed by atoms with Gasteiger partial charge in [0.25, 0.3) is 0 Å². The number of carbonyl (C=O) groups is 1. The number of nitrogens with zero attached hydrogens (tertiary/aromatic N) is 1. The van der Waals surface area contributed by atoms with Gasteiger partial charge in [0.05, 0.1) is 33.5 Å². The number of benzene rings is 2. The van der Waals surface area contributed by atoms with E-state index in [4.69, 9.17) is 9.40 Å². The summed E-state index contributed by atoms with van der Waals surface area (Å²) in [6, 6.07) is 15.7. The van der Waals surface area contributed by atoms with Gasteiger partial charge in [0.15, 0.2) is 0 Å². The molecule has 0 spiro atoms. The zero-order chi connectivity index (χ0) is 25.2. The first-order valence-electron chi connectivity index (χ1n) is 11.1. The number of anilines is 1. The fourth-order valence-corrected chi connectivity index (χ4v) is 5.64. The van der Waals surface area contributed by atoms with E-state index in [2.05, 4.69) is 36.0 Å². The third-order valence-corrected chi connectivity index (χ3v) is 7.98. The van der Waals surface area contributed by atoms with Crippen LogP contribution in [0.4, 0.5) is 5.69 Å². The highest BCUT2D eigenvalue weighted by Crippen LogP contribution is 2.29. The molecule has 0 aliphatic heterocycles. The Labute approximate surface area is 209 Å². The highest BCUT2D eigenvalue weighted by molar-refractivity contribution is 8.00. The van der Waals surface area contributed by atoms with Crippen LogP contribution in [0.1, 0.15) is 29.4 Å². The SMILES string of the molecule is Cc1cc(C)c2nc(SC(C)C(=O)Nc3ccc(S(=O)(=O)NCc4ccco4)cc3)cc(C)c2c1. The van der Waals surface area contributed by atoms with Crippen LogP contribution in [0.5, 0.6) is 0 Å². The summed E-state index contributed by atoms with van der Waals surface area (Å²) in [5.41, 5.74) is 4.88. The molecule has 0 aliphatic rings. The maximum absolute atomic E-state index is 12.8. The van der Waals surface area contributed by atoms with E-state index in [9.17, 15) is 13.2 Å². The van der Waals surface area contributed by atoms with Gasteiger partial charge in [-0.15, -0.1) is 0 Å². The number of hydrogen-bond donors (Lipinski definition) is 2. The molecule has 0 radical (unpaired) electrons. The van der Waals surface area contributed by atoms with Gasteiger partial charge in [-0.2, -0.15) is 0 Å². The Morgan fingerprint density at radius 1 is 1.06 bits per heavy atom. The number of amides is 1. The van der Waals surface area contributed by atoms with Gasteiger partial charge in [0.1, 0.15) is 5.76 Å². The predicted molar refractivity (Wildman–Crippen MR) is 139 cm³/mol. The highest BCUT2D eigenvalue weighted by Gasteiger charge is 2.18. The molecule has 0 bridgehead atoms. The second-order valence-corrected chi connectivity index (χ2v) is 11.6. The first-order chi connectivity index (χ1) is 16.6. The molecule has 2 N–H and O–H groups in total. The summed E-state index contributed by atoms with van der Waals surface area (Å²) in [5.74, 6) is 0.326. The summed E-state index contributed by atoms with van der Waals surface area (Å²) in [5, 5.41) is 4.36. The van der Waals surface area contributed by atoms with Crippen LogP contribution in [0.15, 0.2) is 75.2 Å². The molecule has 1 atom stereocenters. The number of nitrogens with one attached hydrogen (secondary N) is 2. The summed E-state index contributed by atoms with van der Waals surface area (Å²) in [7, 11) is -3.70. The molecule has 2 aromatic heterocycles. The lowest BCUT2D eigenvalue weighted by molar-refractivity contribution is -0.115. The van der Waals surface area contributed by atoms with Crippen molar-refractivity contribution in [2.75, 3.05) is 5.32 Å². The number of hydrogen-bond acceptors (Lipinski definition) is 6. The second-order valence-electron chi connectivity index (χ2n) is 8.43. The zero-order valence-electron chi connectivity index (χ0n) is 20.0. The molecule has 2 heterocycles. The van der Waals surface area contributed by atoms with Crippen molar-refractivity contribution in [3.05, 3.63) is 83.3 Å². The predicted octanol–water partition coefficient (Wildman–Crippen LogP) is 5.35. The smallest absolute Gasteiger partial charge is 0.240 e. The third kappa shape index (κ3) is 5.93. The van der Waals surface area contributed by atoms with Crippen LogP contribution in [0.3, 0.4) is 0 Å². The molecular weight excluding hydrogens is 482 g/mol. The number of furan rings is 1. The molecule has 182 valence electrons. The molecule has 9 heteroatoms. The first kappa shape index (κ1) is 25.0. The molecule has 1 unspecified atom stereocenters. The van der Waals surface area contributed by atoms with E-state index in [1.54, 1.807) is 24.3 Å². The van der Waals surface area contributed by atoms with E-state index in [-0.39, 0.29) is 17.3 Å². The van der Waals surface area contributed by atoms with Crippen LogP contribution in [-0.2, 0) is 21.4 Å². The van der Waals surface area contributed by atoms with Crippen molar-refractivity contribution >= 4 is 44.3 Å². The van der Waals surface area contributed by atoms with E-state index >= 15 is 0 Å². The summed E-state index contributed by atoms with van der Waals surface area (Å²) < 4.78 is 32.6. The van der Waals surface area contributed by atoms with Gasteiger partial charge in [-0.1, -0.05) is 23.4 Å². The van der Waals surface area contributed by atoms with Crippen LogP contribution < -0.4 is 10.0 Å². The number of pyridine rings is 1. The van der Waals surface area contributed by atoms with Gasteiger partial charge in [0.2, 0.25) is 15.9 Å². The Bertz CT molecular complexity index is 1470. The lowest BCUT2D eigenvalue weighted by atomic mass is 10.0. The van der Waals surface area contributed by atoms with Crippen LogP contribution >= 0.6 is 11.8 Å². The number of thioether (sulfide) groups is 1. The average Bonchev–Trinajstić information content (AvgIpc) is 3.33. The normalized spacial score (nSPS) is 12.6. The van der Waals surface area contributed by atoms with E-state index in [0.29, 0.717) is 11.4 Å². The number of aromatic nitrogens is 1. The average molecular weight is 510 g/mol. The maximum Gasteiger partial charge on any atom is 0.240 e. The quantitative estimate of drug-likeness (QED) is 0.311. The second kappa shape index (κ2) is 10.2. The highest BCUT2D eigenvalue weighted by atomic mass is 32.2. The van der Waals surface area contributed by atoms with Crippen molar-refractivity contribution < 1.29 is 17.6 Å². The summed E-state index contributed by atoms with van der Waals surface area (Å²) in [6.45, 7) is 8.05. The van der Waals surface area contributed by atoms with E-state index in [1.165, 1.54) is 35.7 Å². The largest absolute Gasteiger partial charge is 0.468 e. The molecule has 4 aromatic rings. The Hall–Kier alpha value is -3.14. The number of rotatable bonds is 8. The van der Waals surface area contributed by atoms with Gasteiger partial charge < -0.3 is 9.73 Å². The van der Waals surface area contributed by atoms with E-state index in [0.717, 1.165) is 27.1 Å². The Balaban J connectivity index is 1.40. The minimum Gasteiger partial charge on any atom is -0.468 e. The van der Waals surface area contributed by atoms with Crippen LogP contribution in [0.2, 0.25) is 0 Å². The van der Waals surface area contributed by atoms with Crippen LogP contribution in [0, 0.1) is 20.8 Å². The van der Waals surface area contributed by atoms with Crippen molar-refractivity contribution in [1.29, 1.82) is 0 Å². The fourth-order valence-electron chi connectivity index (χ4n) is 3.73. The molecule has 0 saturated heterocycles. The van der Waals surface area contributed by atoms with Gasteiger partial charge in [-0.25, -0.2) is 18.1 Å². The molecule has 2 aromatic carbocycles. The minimum atomic E-state index is -3.70. The zero-order valence-corrected chi connectivity index (χ0v) is 21.6. The standard InChI is InChI=1S/C26H27N3O4S2/c1-16-12-18(3)25-23(13-16)17(2)14-24(29-25)34-19(4)26(30)28-20-7-9-22(10-8-20)35(31,32)27-15-21-6-5-11-33-21/h5-14,19,27H,15H2,1-4H3,(H,28,30). The van der Waals surface area contributed by atoms with Gasteiger partial charge in [-0.3, -0.25) is 4.79 Å². The number of sulfonamides is 1. The fraction of sp³-hybridized carbons (Fsp3) is 0.231. The third-order valence-electron chi connectivity index (χ3n) is 5.55. The minimum absolute atomic E-state index is 0.0595. The maximum atomic E-state index is 12.8. The molecule has 4 rings (SSSR count). The van der Waals surface area contributed by atoms with E-state index < -0.39 is 15.3 Å². The number of fused-ring (bicyclic) bond motifs is 1. The van der Waals surface area contributed by atoms with Crippen LogP contribution in [0.25, 0.3) is 10.9 Å². The van der Waals surface area contributed by atoms with Crippen LogP contribution in [-0.4, -0.2) is 24.6 Å². The van der Waals surface area contributed by atoms with Gasteiger partial charge in [-0.05, 0) is 87.4 Å². The van der Waals surface area contributed by atoms with E-state index in [1.807, 2.05) is 19.9 Å². The van der Waals surface area contributed by atoms with Gasteiger partial charge in [0, 0.05) is 11.1 Å². The lowest BCUT2D eigenvalue weighted by Gasteiger charge is -2.14. The topological polar surface area (TPSA) is 101 Å². The van der Waals surface area contributed by atoms with Crippen molar-refractivity contribution in [3.8, 4) is 0 Å². The Kier molecular flexibility index (Phi) is 7.30. The molecular formula is C26H27N3O4S2. The lowest BCUT2D eigenvalue weighted by Crippen LogP contribution is -2.24. The molecule has 1 amide bonds. The Morgan fingerprint density at radius 2 is 1.80 bits per heavy atom. The molecule has 35 heavy (non-hydrogen) atoms. The van der Waals surface area contributed by atoms with Crippen molar-refractivity contribution in [2.45, 2.75) is 49.4 Å². The summed E-state index contributed by atoms with van der Waals surface area (Å²) in [6.07, 6.45) is 1.49. The summed E-state index contributed by atoms with van der Waals surface area (Å²) in [4.78, 5) is 17.7. The molecule has 0 aliphatic carbocycles. The molecule has 0 fully saturated rings. The molecule has 7 nitrogen and oxygen atoms in total. The molecule has 0 saturated carbocycles. The monoisotopic (exact) mass is 509 g/mol. The first-order valence-corrected chi connectivity index (χ1v) is 13.5. The van der Waals surface area contributed by atoms with Gasteiger partial charge >= 0.3 is 0 Å². The summed E-state index contributed by atoms with van der Waals surface area (Å²) >= 11 is 1.39.